The number of hydrogen-bond acceptors (Lipinski definition) is 3. The fourth-order valence-corrected chi connectivity index (χ4v) is 0.777. The third-order valence-corrected chi connectivity index (χ3v) is 1.41. The Kier molecular flexibility index (Phi) is 4.07. The summed E-state index contributed by atoms with van der Waals surface area (Å²) < 4.78 is 0. The van der Waals surface area contributed by atoms with Crippen molar-refractivity contribution in [2.45, 2.75) is 0 Å². The van der Waals surface area contributed by atoms with E-state index >= 15 is 0 Å². The minimum Gasteiger partial charge on any atom is -0.412 e. The Morgan fingerprint density at radius 3 is 2.23 bits per heavy atom. The maximum Gasteiger partial charge on any atom is 0.225 e. The van der Waals surface area contributed by atoms with Gasteiger partial charge in [0.2, 0.25) is 5.78 Å². The molecule has 1 aromatic rings. The van der Waals surface area contributed by atoms with Crippen molar-refractivity contribution in [2.24, 2.45) is 0 Å². The highest BCUT2D eigenvalue weighted by atomic mass is 16.2. The standard InChI is InChI=1S/C9H5NO2.H2O/c10-5-7-1-3-8(4-2-7)9(12)6-11;/h1-4,6H;1H2. The van der Waals surface area contributed by atoms with E-state index in [1.165, 1.54) is 24.3 Å². The summed E-state index contributed by atoms with van der Waals surface area (Å²) in [6.07, 6.45) is 0.251. The molecule has 4 nitrogen and oxygen atoms in total. The van der Waals surface area contributed by atoms with E-state index < -0.39 is 5.78 Å². The molecule has 1 rings (SSSR count). The summed E-state index contributed by atoms with van der Waals surface area (Å²) in [5, 5.41) is 8.42. The van der Waals surface area contributed by atoms with Crippen LogP contribution in [0.5, 0.6) is 0 Å². The zero-order chi connectivity index (χ0) is 8.97. The summed E-state index contributed by atoms with van der Waals surface area (Å²) in [5.41, 5.74) is 0.779. The lowest BCUT2D eigenvalue weighted by molar-refractivity contribution is -0.104. The topological polar surface area (TPSA) is 89.4 Å². The van der Waals surface area contributed by atoms with Crippen LogP contribution in [-0.4, -0.2) is 17.5 Å². The largest absolute Gasteiger partial charge is 0.412 e. The predicted molar refractivity (Wildman–Crippen MR) is 45.2 cm³/mol. The molecule has 0 unspecified atom stereocenters. The minimum atomic E-state index is -0.570. The van der Waals surface area contributed by atoms with Crippen LogP contribution in [0, 0.1) is 11.3 Å². The van der Waals surface area contributed by atoms with Crippen molar-refractivity contribution in [1.29, 1.82) is 5.26 Å². The van der Waals surface area contributed by atoms with E-state index in [1.807, 2.05) is 6.07 Å². The lowest BCUT2D eigenvalue weighted by atomic mass is 10.1. The summed E-state index contributed by atoms with van der Waals surface area (Å²) in [4.78, 5) is 20.8. The molecule has 0 fully saturated rings. The molecule has 0 aliphatic carbocycles. The van der Waals surface area contributed by atoms with Gasteiger partial charge in [-0.05, 0) is 24.3 Å². The number of rotatable bonds is 2. The highest BCUT2D eigenvalue weighted by Crippen LogP contribution is 2.02. The van der Waals surface area contributed by atoms with Crippen LogP contribution in [-0.2, 0) is 4.79 Å². The number of benzene rings is 1. The van der Waals surface area contributed by atoms with Crippen molar-refractivity contribution in [3.8, 4) is 6.07 Å². The van der Waals surface area contributed by atoms with Crippen LogP contribution in [0.4, 0.5) is 0 Å². The smallest absolute Gasteiger partial charge is 0.225 e. The summed E-state index contributed by atoms with van der Waals surface area (Å²) in [6.45, 7) is 0. The second-order valence-corrected chi connectivity index (χ2v) is 2.17. The Bertz CT molecular complexity index is 348. The van der Waals surface area contributed by atoms with E-state index in [-0.39, 0.29) is 11.8 Å². The number of nitriles is 1. The van der Waals surface area contributed by atoms with E-state index in [9.17, 15) is 9.59 Å². The first-order chi connectivity index (χ1) is 5.77. The molecule has 0 bridgehead atoms. The Balaban J connectivity index is 0.00000144. The van der Waals surface area contributed by atoms with Gasteiger partial charge in [0.05, 0.1) is 11.6 Å². The van der Waals surface area contributed by atoms with Crippen LogP contribution in [0.25, 0.3) is 0 Å². The summed E-state index contributed by atoms with van der Waals surface area (Å²) in [5.74, 6) is -0.570. The molecule has 0 saturated carbocycles. The highest BCUT2D eigenvalue weighted by molar-refractivity contribution is 6.33. The fraction of sp³-hybridized carbons (Fsp3) is 0. The Morgan fingerprint density at radius 2 is 1.85 bits per heavy atom. The van der Waals surface area contributed by atoms with Crippen molar-refractivity contribution < 1.29 is 15.1 Å². The maximum atomic E-state index is 10.8. The molecule has 0 heterocycles. The molecule has 0 amide bonds. The van der Waals surface area contributed by atoms with Gasteiger partial charge in [-0.15, -0.1) is 0 Å². The first-order valence-electron chi connectivity index (χ1n) is 3.27. The number of aldehydes is 1. The Morgan fingerprint density at radius 1 is 1.31 bits per heavy atom. The zero-order valence-corrected chi connectivity index (χ0v) is 6.65. The third kappa shape index (κ3) is 2.51. The van der Waals surface area contributed by atoms with E-state index in [4.69, 9.17) is 5.26 Å². The lowest BCUT2D eigenvalue weighted by Crippen LogP contribution is -1.98. The van der Waals surface area contributed by atoms with Crippen molar-refractivity contribution in [1.82, 2.24) is 0 Å². The van der Waals surface area contributed by atoms with Gasteiger partial charge in [0.15, 0.2) is 6.29 Å². The van der Waals surface area contributed by atoms with Crippen LogP contribution in [0.15, 0.2) is 24.3 Å². The summed E-state index contributed by atoms with van der Waals surface area (Å²) in [6, 6.07) is 7.81. The SMILES string of the molecule is N#Cc1ccc(C(=O)C=O)cc1.O. The minimum absolute atomic E-state index is 0. The number of carbonyl (C=O) groups excluding carboxylic acids is 2. The molecule has 0 aliphatic heterocycles. The third-order valence-electron chi connectivity index (χ3n) is 1.41. The summed E-state index contributed by atoms with van der Waals surface area (Å²) in [7, 11) is 0. The molecule has 4 heteroatoms. The van der Waals surface area contributed by atoms with Gasteiger partial charge in [0.1, 0.15) is 0 Å². The average molecular weight is 177 g/mol. The molecule has 0 atom stereocenters. The number of nitrogens with zero attached hydrogens (tertiary/aromatic N) is 1. The Hall–Kier alpha value is -1.99. The van der Waals surface area contributed by atoms with Gasteiger partial charge in [0, 0.05) is 5.56 Å². The molecule has 13 heavy (non-hydrogen) atoms. The molecule has 0 spiro atoms. The number of carbonyl (C=O) groups is 2. The maximum absolute atomic E-state index is 10.8. The first kappa shape index (κ1) is 11.0. The van der Waals surface area contributed by atoms with Crippen LogP contribution >= 0.6 is 0 Å². The monoisotopic (exact) mass is 177 g/mol. The van der Waals surface area contributed by atoms with E-state index in [0.29, 0.717) is 11.1 Å². The van der Waals surface area contributed by atoms with Crippen molar-refractivity contribution in [3.63, 3.8) is 0 Å². The fourth-order valence-electron chi connectivity index (χ4n) is 0.777. The summed E-state index contributed by atoms with van der Waals surface area (Å²) >= 11 is 0. The molecule has 2 N–H and O–H groups in total. The van der Waals surface area contributed by atoms with Gasteiger partial charge in [-0.2, -0.15) is 5.26 Å². The van der Waals surface area contributed by atoms with Crippen LogP contribution in [0.1, 0.15) is 15.9 Å². The molecule has 0 radical (unpaired) electrons. The molecule has 0 saturated heterocycles. The number of ketones is 1. The zero-order valence-electron chi connectivity index (χ0n) is 6.65. The second kappa shape index (κ2) is 4.80. The van der Waals surface area contributed by atoms with Crippen molar-refractivity contribution in [2.75, 3.05) is 0 Å². The molecule has 0 aromatic heterocycles. The molecule has 0 aliphatic rings. The number of Topliss-reactive ketones (excluding diaryl/α,β-unsaturated/α-hetero) is 1. The quantitative estimate of drug-likeness (QED) is 0.365. The van der Waals surface area contributed by atoms with Gasteiger partial charge in [0.25, 0.3) is 0 Å². The average Bonchev–Trinajstić information content (AvgIpc) is 2.17. The Labute approximate surface area is 74.7 Å². The van der Waals surface area contributed by atoms with Gasteiger partial charge in [-0.1, -0.05) is 0 Å². The number of hydrogen-bond donors (Lipinski definition) is 0. The lowest BCUT2D eigenvalue weighted by Gasteiger charge is -1.91. The van der Waals surface area contributed by atoms with Gasteiger partial charge >= 0.3 is 0 Å². The normalized spacial score (nSPS) is 7.92. The van der Waals surface area contributed by atoms with E-state index in [1.54, 1.807) is 0 Å². The molecule has 1 aromatic carbocycles. The van der Waals surface area contributed by atoms with Crippen molar-refractivity contribution in [3.05, 3.63) is 35.4 Å². The molecular formula is C9H7NO3. The highest BCUT2D eigenvalue weighted by Gasteiger charge is 2.01. The van der Waals surface area contributed by atoms with Crippen LogP contribution < -0.4 is 0 Å². The predicted octanol–water partition coefficient (Wildman–Crippen LogP) is 0.115. The van der Waals surface area contributed by atoms with Crippen molar-refractivity contribution >= 4 is 12.1 Å². The van der Waals surface area contributed by atoms with Crippen LogP contribution in [0.3, 0.4) is 0 Å². The first-order valence-corrected chi connectivity index (χ1v) is 3.27. The van der Waals surface area contributed by atoms with Gasteiger partial charge in [-0.3, -0.25) is 9.59 Å². The van der Waals surface area contributed by atoms with Gasteiger partial charge < -0.3 is 5.48 Å². The van der Waals surface area contributed by atoms with Gasteiger partial charge in [-0.25, -0.2) is 0 Å². The molecular weight excluding hydrogens is 170 g/mol. The molecule has 66 valence electrons. The van der Waals surface area contributed by atoms with E-state index in [2.05, 4.69) is 0 Å². The second-order valence-electron chi connectivity index (χ2n) is 2.17. The van der Waals surface area contributed by atoms with Crippen LogP contribution in [0.2, 0.25) is 0 Å². The van der Waals surface area contributed by atoms with E-state index in [0.717, 1.165) is 0 Å².